The van der Waals surface area contributed by atoms with Crippen LogP contribution in [0.5, 0.6) is 0 Å². The molecule has 0 saturated carbocycles. The molecule has 2 heterocycles. The van der Waals surface area contributed by atoms with Crippen LogP contribution >= 0.6 is 0 Å². The molecule has 2 saturated heterocycles. The molecule has 0 aliphatic carbocycles. The van der Waals surface area contributed by atoms with Crippen LogP contribution in [0.4, 0.5) is 0 Å². The van der Waals surface area contributed by atoms with Crippen LogP contribution in [0.25, 0.3) is 0 Å². The minimum absolute atomic E-state index is 0.137. The number of hydrogen-bond acceptors (Lipinski definition) is 3. The summed E-state index contributed by atoms with van der Waals surface area (Å²) < 4.78 is 0. The standard InChI is InChI=1S/C16H31N3O/c1-14(2)15(20)18-10-7-16(8-11-18)6-5-9-19(16)13-12-17(3)4/h14H,5-13H2,1-4H3. The third-order valence-corrected chi connectivity index (χ3v) is 5.06. The first-order valence-electron chi connectivity index (χ1n) is 8.13. The third-order valence-electron chi connectivity index (χ3n) is 5.06. The monoisotopic (exact) mass is 281 g/mol. The number of carbonyl (C=O) groups is 1. The topological polar surface area (TPSA) is 26.8 Å². The summed E-state index contributed by atoms with van der Waals surface area (Å²) in [6.45, 7) is 9.47. The number of amides is 1. The quantitative estimate of drug-likeness (QED) is 0.784. The smallest absolute Gasteiger partial charge is 0.225 e. The zero-order valence-electron chi connectivity index (χ0n) is 13.7. The van der Waals surface area contributed by atoms with Crippen molar-refractivity contribution in [3.8, 4) is 0 Å². The van der Waals surface area contributed by atoms with E-state index in [0.29, 0.717) is 11.4 Å². The zero-order chi connectivity index (χ0) is 14.8. The Labute approximate surface area is 124 Å². The first kappa shape index (κ1) is 15.8. The minimum Gasteiger partial charge on any atom is -0.342 e. The van der Waals surface area contributed by atoms with E-state index in [1.807, 2.05) is 13.8 Å². The van der Waals surface area contributed by atoms with Gasteiger partial charge in [-0.2, -0.15) is 0 Å². The normalized spacial score (nSPS) is 23.2. The predicted octanol–water partition coefficient (Wildman–Crippen LogP) is 1.66. The minimum atomic E-state index is 0.137. The third kappa shape index (κ3) is 3.34. The van der Waals surface area contributed by atoms with Crippen LogP contribution in [-0.4, -0.2) is 73.0 Å². The highest BCUT2D eigenvalue weighted by molar-refractivity contribution is 5.78. The first-order chi connectivity index (χ1) is 9.44. The van der Waals surface area contributed by atoms with E-state index in [1.165, 1.54) is 38.8 Å². The van der Waals surface area contributed by atoms with Gasteiger partial charge in [-0.25, -0.2) is 0 Å². The van der Waals surface area contributed by atoms with Crippen molar-refractivity contribution in [3.05, 3.63) is 0 Å². The van der Waals surface area contributed by atoms with Gasteiger partial charge in [0.05, 0.1) is 0 Å². The van der Waals surface area contributed by atoms with Crippen LogP contribution in [-0.2, 0) is 4.79 Å². The van der Waals surface area contributed by atoms with E-state index in [9.17, 15) is 4.79 Å². The number of rotatable bonds is 4. The maximum atomic E-state index is 12.1. The molecular formula is C16H31N3O. The van der Waals surface area contributed by atoms with Crippen molar-refractivity contribution in [2.24, 2.45) is 5.92 Å². The lowest BCUT2D eigenvalue weighted by molar-refractivity contribution is -0.137. The first-order valence-corrected chi connectivity index (χ1v) is 8.13. The Morgan fingerprint density at radius 2 is 1.80 bits per heavy atom. The van der Waals surface area contributed by atoms with Crippen molar-refractivity contribution in [1.82, 2.24) is 14.7 Å². The molecular weight excluding hydrogens is 250 g/mol. The van der Waals surface area contributed by atoms with Gasteiger partial charge in [0, 0.05) is 37.6 Å². The second-order valence-electron chi connectivity index (χ2n) is 7.10. The van der Waals surface area contributed by atoms with Crippen molar-refractivity contribution in [3.63, 3.8) is 0 Å². The average Bonchev–Trinajstić information content (AvgIpc) is 2.79. The molecule has 4 nitrogen and oxygen atoms in total. The highest BCUT2D eigenvalue weighted by atomic mass is 16.2. The fraction of sp³-hybridized carbons (Fsp3) is 0.938. The molecule has 2 fully saturated rings. The van der Waals surface area contributed by atoms with E-state index < -0.39 is 0 Å². The summed E-state index contributed by atoms with van der Waals surface area (Å²) in [5.74, 6) is 0.468. The van der Waals surface area contributed by atoms with Crippen LogP contribution in [0.15, 0.2) is 0 Å². The van der Waals surface area contributed by atoms with Gasteiger partial charge in [-0.15, -0.1) is 0 Å². The molecule has 2 aliphatic heterocycles. The summed E-state index contributed by atoms with van der Waals surface area (Å²) in [4.78, 5) is 19.2. The van der Waals surface area contributed by atoms with Crippen LogP contribution in [0.2, 0.25) is 0 Å². The summed E-state index contributed by atoms with van der Waals surface area (Å²) in [6, 6.07) is 0. The summed E-state index contributed by atoms with van der Waals surface area (Å²) >= 11 is 0. The molecule has 20 heavy (non-hydrogen) atoms. The van der Waals surface area contributed by atoms with E-state index in [1.54, 1.807) is 0 Å². The molecule has 0 aromatic rings. The van der Waals surface area contributed by atoms with Gasteiger partial charge in [0.15, 0.2) is 0 Å². The van der Waals surface area contributed by atoms with Crippen molar-refractivity contribution < 1.29 is 4.79 Å². The number of likely N-dealkylation sites (N-methyl/N-ethyl adjacent to an activating group) is 1. The Kier molecular flexibility index (Phi) is 5.08. The fourth-order valence-electron chi connectivity index (χ4n) is 3.74. The molecule has 0 aromatic carbocycles. The molecule has 1 spiro atoms. The number of carbonyl (C=O) groups excluding carboxylic acids is 1. The number of hydrogen-bond donors (Lipinski definition) is 0. The van der Waals surface area contributed by atoms with Crippen molar-refractivity contribution >= 4 is 5.91 Å². The zero-order valence-corrected chi connectivity index (χ0v) is 13.7. The molecule has 0 N–H and O–H groups in total. The summed E-state index contributed by atoms with van der Waals surface area (Å²) in [6.07, 6.45) is 4.98. The summed E-state index contributed by atoms with van der Waals surface area (Å²) in [5, 5.41) is 0. The molecule has 0 aromatic heterocycles. The Hall–Kier alpha value is -0.610. The Balaban J connectivity index is 1.91. The van der Waals surface area contributed by atoms with E-state index >= 15 is 0 Å². The van der Waals surface area contributed by atoms with Crippen LogP contribution in [0.3, 0.4) is 0 Å². The molecule has 1 amide bonds. The summed E-state index contributed by atoms with van der Waals surface area (Å²) in [7, 11) is 4.29. The molecule has 0 atom stereocenters. The average molecular weight is 281 g/mol. The highest BCUT2D eigenvalue weighted by Gasteiger charge is 2.43. The fourth-order valence-corrected chi connectivity index (χ4v) is 3.74. The molecule has 0 bridgehead atoms. The van der Waals surface area contributed by atoms with Crippen molar-refractivity contribution in [2.75, 3.05) is 46.8 Å². The lowest BCUT2D eigenvalue weighted by atomic mass is 9.84. The van der Waals surface area contributed by atoms with Gasteiger partial charge in [-0.05, 0) is 46.3 Å². The van der Waals surface area contributed by atoms with Gasteiger partial charge < -0.3 is 9.80 Å². The molecule has 0 radical (unpaired) electrons. The second kappa shape index (κ2) is 6.44. The Morgan fingerprint density at radius 1 is 1.15 bits per heavy atom. The molecule has 116 valence electrons. The van der Waals surface area contributed by atoms with Gasteiger partial charge in [-0.1, -0.05) is 13.8 Å². The molecule has 4 heteroatoms. The highest BCUT2D eigenvalue weighted by Crippen LogP contribution is 2.38. The van der Waals surface area contributed by atoms with Crippen LogP contribution in [0.1, 0.15) is 39.5 Å². The van der Waals surface area contributed by atoms with Gasteiger partial charge in [-0.3, -0.25) is 9.69 Å². The van der Waals surface area contributed by atoms with Gasteiger partial charge in [0.25, 0.3) is 0 Å². The Bertz CT molecular complexity index is 333. The Morgan fingerprint density at radius 3 is 2.35 bits per heavy atom. The van der Waals surface area contributed by atoms with E-state index in [4.69, 9.17) is 0 Å². The van der Waals surface area contributed by atoms with Gasteiger partial charge in [0.2, 0.25) is 5.91 Å². The SMILES string of the molecule is CC(C)C(=O)N1CCC2(CCCN2CCN(C)C)CC1. The van der Waals surface area contributed by atoms with Crippen molar-refractivity contribution in [1.29, 1.82) is 0 Å². The van der Waals surface area contributed by atoms with Gasteiger partial charge in [0.1, 0.15) is 0 Å². The second-order valence-corrected chi connectivity index (χ2v) is 7.10. The molecule has 2 rings (SSSR count). The number of nitrogens with zero attached hydrogens (tertiary/aromatic N) is 3. The maximum Gasteiger partial charge on any atom is 0.225 e. The van der Waals surface area contributed by atoms with Crippen molar-refractivity contribution in [2.45, 2.75) is 45.1 Å². The summed E-state index contributed by atoms with van der Waals surface area (Å²) in [5.41, 5.74) is 0.393. The lowest BCUT2D eigenvalue weighted by Gasteiger charge is -2.45. The maximum absolute atomic E-state index is 12.1. The van der Waals surface area contributed by atoms with E-state index in [0.717, 1.165) is 19.6 Å². The largest absolute Gasteiger partial charge is 0.342 e. The van der Waals surface area contributed by atoms with Crippen LogP contribution in [0, 0.1) is 5.92 Å². The lowest BCUT2D eigenvalue weighted by Crippen LogP contribution is -2.54. The predicted molar refractivity (Wildman–Crippen MR) is 82.7 cm³/mol. The number of piperidine rings is 1. The van der Waals surface area contributed by atoms with E-state index in [-0.39, 0.29) is 5.92 Å². The molecule has 2 aliphatic rings. The van der Waals surface area contributed by atoms with Gasteiger partial charge >= 0.3 is 0 Å². The number of likely N-dealkylation sites (tertiary alicyclic amines) is 2. The van der Waals surface area contributed by atoms with E-state index in [2.05, 4.69) is 28.8 Å². The van der Waals surface area contributed by atoms with Crippen LogP contribution < -0.4 is 0 Å². The molecule has 0 unspecified atom stereocenters.